The lowest BCUT2D eigenvalue weighted by Gasteiger charge is -2.48. The van der Waals surface area contributed by atoms with E-state index in [0.717, 1.165) is 61.7 Å². The summed E-state index contributed by atoms with van der Waals surface area (Å²) in [5, 5.41) is 12.6. The van der Waals surface area contributed by atoms with Gasteiger partial charge in [-0.3, -0.25) is 4.79 Å². The summed E-state index contributed by atoms with van der Waals surface area (Å²) in [5.41, 5.74) is 5.89. The van der Waals surface area contributed by atoms with Crippen LogP contribution in [0.3, 0.4) is 0 Å². The van der Waals surface area contributed by atoms with Gasteiger partial charge in [-0.2, -0.15) is 10.2 Å². The number of nitrogens with one attached hydrogen (secondary N) is 1. The topological polar surface area (TPSA) is 66.3 Å². The number of hydrogen-bond donors (Lipinski definition) is 1. The van der Waals surface area contributed by atoms with Crippen molar-refractivity contribution in [3.63, 3.8) is 0 Å². The number of ether oxygens (including phenoxy) is 1. The smallest absolute Gasteiger partial charge is 0.165 e. The Kier molecular flexibility index (Phi) is 4.81. The van der Waals surface area contributed by atoms with Crippen LogP contribution in [-0.4, -0.2) is 38.3 Å². The predicted molar refractivity (Wildman–Crippen MR) is 121 cm³/mol. The van der Waals surface area contributed by atoms with E-state index in [0.29, 0.717) is 6.42 Å². The van der Waals surface area contributed by atoms with Crippen molar-refractivity contribution < 1.29 is 9.53 Å². The summed E-state index contributed by atoms with van der Waals surface area (Å²) in [5.74, 6) is 0.253. The van der Waals surface area contributed by atoms with E-state index in [9.17, 15) is 4.79 Å². The molecule has 0 aromatic heterocycles. The number of benzene rings is 1. The van der Waals surface area contributed by atoms with Crippen LogP contribution in [0.15, 0.2) is 57.0 Å². The standard InChI is InChI=1S/C25H32N4O2/c1-5-25(17-7-6-8-18(13-17)29-9-11-31-12-10-29)21-16(2)27-28-23(21)26-19-14-24(3,4)15-20(30)22(19)25/h6-8,13,23,26H,5,9-12,14-15H2,1-4H3/t23?,25-/m1/s1. The molecule has 6 heteroatoms. The molecule has 0 radical (unpaired) electrons. The first-order valence-electron chi connectivity index (χ1n) is 11.4. The largest absolute Gasteiger partial charge is 0.378 e. The van der Waals surface area contributed by atoms with Crippen molar-refractivity contribution in [3.8, 4) is 0 Å². The van der Waals surface area contributed by atoms with Gasteiger partial charge in [-0.1, -0.05) is 32.9 Å². The van der Waals surface area contributed by atoms with Gasteiger partial charge in [-0.05, 0) is 42.9 Å². The molecule has 0 bridgehead atoms. The monoisotopic (exact) mass is 420 g/mol. The second-order valence-corrected chi connectivity index (χ2v) is 9.96. The molecular weight excluding hydrogens is 388 g/mol. The van der Waals surface area contributed by atoms with Crippen LogP contribution in [0.4, 0.5) is 5.69 Å². The molecule has 0 saturated carbocycles. The minimum Gasteiger partial charge on any atom is -0.378 e. The van der Waals surface area contributed by atoms with Crippen LogP contribution in [0.1, 0.15) is 52.5 Å². The second kappa shape index (κ2) is 7.30. The highest BCUT2D eigenvalue weighted by Crippen LogP contribution is 2.55. The van der Waals surface area contributed by atoms with E-state index in [-0.39, 0.29) is 17.4 Å². The molecule has 5 rings (SSSR count). The van der Waals surface area contributed by atoms with Gasteiger partial charge in [0.25, 0.3) is 0 Å². The maximum absolute atomic E-state index is 13.7. The minimum atomic E-state index is -0.491. The Morgan fingerprint density at radius 1 is 1.23 bits per heavy atom. The van der Waals surface area contributed by atoms with E-state index in [1.807, 2.05) is 6.92 Å². The third kappa shape index (κ3) is 3.15. The van der Waals surface area contributed by atoms with Crippen molar-refractivity contribution in [1.82, 2.24) is 5.32 Å². The van der Waals surface area contributed by atoms with Crippen LogP contribution in [0.25, 0.3) is 0 Å². The molecule has 164 valence electrons. The average Bonchev–Trinajstić information content (AvgIpc) is 3.13. The number of carbonyl (C=O) groups is 1. The number of Topliss-reactive ketones (excluding diaryl/α,β-unsaturated/α-hetero) is 1. The summed E-state index contributed by atoms with van der Waals surface area (Å²) < 4.78 is 5.55. The van der Waals surface area contributed by atoms with Crippen LogP contribution in [0.5, 0.6) is 0 Å². The van der Waals surface area contributed by atoms with Crippen LogP contribution < -0.4 is 10.2 Å². The Balaban J connectivity index is 1.71. The van der Waals surface area contributed by atoms with Crippen molar-refractivity contribution in [2.24, 2.45) is 15.6 Å². The maximum Gasteiger partial charge on any atom is 0.165 e. The van der Waals surface area contributed by atoms with Gasteiger partial charge in [0.05, 0.1) is 24.3 Å². The fraction of sp³-hybridized carbons (Fsp3) is 0.560. The lowest BCUT2D eigenvalue weighted by molar-refractivity contribution is -0.119. The Morgan fingerprint density at radius 3 is 2.74 bits per heavy atom. The highest BCUT2D eigenvalue weighted by atomic mass is 16.5. The fourth-order valence-electron chi connectivity index (χ4n) is 6.00. The highest BCUT2D eigenvalue weighted by Gasteiger charge is 2.53. The second-order valence-electron chi connectivity index (χ2n) is 9.96. The van der Waals surface area contributed by atoms with Crippen LogP contribution in [-0.2, 0) is 14.9 Å². The van der Waals surface area contributed by atoms with Crippen molar-refractivity contribution in [3.05, 3.63) is 52.4 Å². The molecule has 1 aromatic carbocycles. The van der Waals surface area contributed by atoms with Gasteiger partial charge in [-0.15, -0.1) is 0 Å². The number of allylic oxidation sites excluding steroid dienone is 3. The number of ketones is 1. The molecule has 6 nitrogen and oxygen atoms in total. The zero-order chi connectivity index (χ0) is 21.8. The van der Waals surface area contributed by atoms with Crippen molar-refractivity contribution in [1.29, 1.82) is 0 Å². The first kappa shape index (κ1) is 20.4. The summed E-state index contributed by atoms with van der Waals surface area (Å²) >= 11 is 0. The van der Waals surface area contributed by atoms with Crippen molar-refractivity contribution in [2.75, 3.05) is 31.2 Å². The van der Waals surface area contributed by atoms with Crippen molar-refractivity contribution in [2.45, 2.75) is 58.5 Å². The third-order valence-electron chi connectivity index (χ3n) is 7.30. The number of hydrogen-bond acceptors (Lipinski definition) is 6. The van der Waals surface area contributed by atoms with E-state index in [2.05, 4.69) is 65.5 Å². The van der Waals surface area contributed by atoms with Gasteiger partial charge in [0.2, 0.25) is 0 Å². The van der Waals surface area contributed by atoms with Gasteiger partial charge in [0.15, 0.2) is 11.9 Å². The highest BCUT2D eigenvalue weighted by molar-refractivity contribution is 6.01. The molecule has 2 atom stereocenters. The molecule has 0 spiro atoms. The summed E-state index contributed by atoms with van der Waals surface area (Å²) in [6, 6.07) is 8.77. The quantitative estimate of drug-likeness (QED) is 0.783. The number of fused-ring (bicyclic) bond motifs is 1. The molecule has 1 N–H and O–H groups in total. The zero-order valence-electron chi connectivity index (χ0n) is 19.0. The van der Waals surface area contributed by atoms with Crippen molar-refractivity contribution >= 4 is 11.5 Å². The summed E-state index contributed by atoms with van der Waals surface area (Å²) in [7, 11) is 0. The van der Waals surface area contributed by atoms with Gasteiger partial charge in [-0.25, -0.2) is 0 Å². The molecule has 1 aliphatic carbocycles. The fourth-order valence-corrected chi connectivity index (χ4v) is 6.00. The maximum atomic E-state index is 13.7. The molecule has 1 aromatic rings. The number of azo groups is 1. The summed E-state index contributed by atoms with van der Waals surface area (Å²) in [6.07, 6.45) is 2.05. The van der Waals surface area contributed by atoms with Crippen LogP contribution in [0.2, 0.25) is 0 Å². The third-order valence-corrected chi connectivity index (χ3v) is 7.30. The molecule has 31 heavy (non-hydrogen) atoms. The Morgan fingerprint density at radius 2 is 2.00 bits per heavy atom. The van der Waals surface area contributed by atoms with Gasteiger partial charge < -0.3 is 15.0 Å². The normalized spacial score (nSPS) is 29.7. The van der Waals surface area contributed by atoms with E-state index in [1.165, 1.54) is 11.3 Å². The molecule has 3 heterocycles. The lowest BCUT2D eigenvalue weighted by Crippen LogP contribution is -2.51. The Labute approximate surface area is 184 Å². The van der Waals surface area contributed by atoms with Gasteiger partial charge in [0.1, 0.15) is 0 Å². The number of rotatable bonds is 3. The van der Waals surface area contributed by atoms with Gasteiger partial charge in [0, 0.05) is 42.0 Å². The summed E-state index contributed by atoms with van der Waals surface area (Å²) in [6.45, 7) is 11.9. The predicted octanol–water partition coefficient (Wildman–Crippen LogP) is 4.48. The van der Waals surface area contributed by atoms with Gasteiger partial charge >= 0.3 is 0 Å². The number of morpholine rings is 1. The molecular formula is C25H32N4O2. The molecule has 1 unspecified atom stereocenters. The number of anilines is 1. The van der Waals surface area contributed by atoms with E-state index in [1.54, 1.807) is 0 Å². The zero-order valence-corrected chi connectivity index (χ0v) is 19.0. The van der Waals surface area contributed by atoms with Crippen LogP contribution in [0, 0.1) is 5.41 Å². The Bertz CT molecular complexity index is 1020. The number of nitrogens with zero attached hydrogens (tertiary/aromatic N) is 3. The van der Waals surface area contributed by atoms with E-state index >= 15 is 0 Å². The first-order chi connectivity index (χ1) is 14.9. The molecule has 0 amide bonds. The van der Waals surface area contributed by atoms with E-state index < -0.39 is 5.41 Å². The Hall–Kier alpha value is -2.47. The lowest BCUT2D eigenvalue weighted by atomic mass is 9.58. The first-order valence-corrected chi connectivity index (χ1v) is 11.4. The minimum absolute atomic E-state index is 0.0515. The molecule has 3 aliphatic heterocycles. The van der Waals surface area contributed by atoms with E-state index in [4.69, 9.17) is 4.74 Å². The molecule has 1 fully saturated rings. The summed E-state index contributed by atoms with van der Waals surface area (Å²) in [4.78, 5) is 16.0. The average molecular weight is 421 g/mol. The SMILES string of the molecule is CC[C@]1(c2cccc(N3CCOCC3)c2)C2=C(CC(C)(C)CC2=O)NC2N=NC(C)=C21. The molecule has 4 aliphatic rings. The number of carbonyl (C=O) groups excluding carboxylic acids is 1. The van der Waals surface area contributed by atoms with Crippen LogP contribution >= 0.6 is 0 Å². The molecule has 1 saturated heterocycles.